The molecule has 15 heavy (non-hydrogen) atoms. The highest BCUT2D eigenvalue weighted by Gasteiger charge is 2.07. The summed E-state index contributed by atoms with van der Waals surface area (Å²) in [6.45, 7) is 2.69. The van der Waals surface area contributed by atoms with E-state index in [-0.39, 0.29) is 5.82 Å². The maximum Gasteiger partial charge on any atom is 0.138 e. The molecule has 1 unspecified atom stereocenters. The van der Waals surface area contributed by atoms with Crippen molar-refractivity contribution in [2.45, 2.75) is 13.3 Å². The Morgan fingerprint density at radius 1 is 1.53 bits per heavy atom. The molecule has 1 atom stereocenters. The van der Waals surface area contributed by atoms with Gasteiger partial charge in [0.15, 0.2) is 0 Å². The van der Waals surface area contributed by atoms with Crippen molar-refractivity contribution in [2.75, 3.05) is 11.9 Å². The molecule has 0 fully saturated rings. The van der Waals surface area contributed by atoms with Gasteiger partial charge in [0.05, 0.1) is 11.6 Å². The number of hydrogen-bond donors (Lipinski definition) is 0. The molecule has 0 radical (unpaired) electrons. The summed E-state index contributed by atoms with van der Waals surface area (Å²) in [6.07, 6.45) is 1.03. The second-order valence-corrected chi connectivity index (χ2v) is 4.37. The van der Waals surface area contributed by atoms with Gasteiger partial charge in [0.2, 0.25) is 0 Å². The summed E-state index contributed by atoms with van der Waals surface area (Å²) < 4.78 is 18.2. The molecule has 0 saturated heterocycles. The van der Waals surface area contributed by atoms with Crippen LogP contribution in [-0.4, -0.2) is 11.9 Å². The zero-order chi connectivity index (χ0) is 11.3. The fourth-order valence-corrected chi connectivity index (χ4v) is 1.94. The zero-order valence-electron chi connectivity index (χ0n) is 8.47. The minimum atomic E-state index is -0.347. The van der Waals surface area contributed by atoms with Crippen molar-refractivity contribution in [3.05, 3.63) is 29.0 Å². The van der Waals surface area contributed by atoms with Crippen molar-refractivity contribution in [1.82, 2.24) is 0 Å². The quantitative estimate of drug-likeness (QED) is 0.737. The van der Waals surface area contributed by atoms with E-state index in [0.29, 0.717) is 23.3 Å². The molecule has 1 rings (SSSR count). The molecule has 1 aromatic rings. The summed E-state index contributed by atoms with van der Waals surface area (Å²) in [7, 11) is 0. The first-order valence-corrected chi connectivity index (χ1v) is 6.31. The van der Waals surface area contributed by atoms with Crippen LogP contribution in [0.2, 0.25) is 5.02 Å². The van der Waals surface area contributed by atoms with Crippen LogP contribution in [0.4, 0.5) is 4.39 Å². The van der Waals surface area contributed by atoms with Gasteiger partial charge in [0.1, 0.15) is 11.6 Å². The van der Waals surface area contributed by atoms with Crippen LogP contribution in [0.3, 0.4) is 0 Å². The van der Waals surface area contributed by atoms with Gasteiger partial charge >= 0.3 is 0 Å². The Morgan fingerprint density at radius 3 is 2.80 bits per heavy atom. The van der Waals surface area contributed by atoms with Crippen LogP contribution in [0.15, 0.2) is 18.2 Å². The van der Waals surface area contributed by atoms with E-state index in [1.165, 1.54) is 12.1 Å². The van der Waals surface area contributed by atoms with Crippen LogP contribution in [-0.2, 0) is 0 Å². The molecule has 0 aliphatic carbocycles. The van der Waals surface area contributed by atoms with Crippen molar-refractivity contribution >= 4 is 27.5 Å². The van der Waals surface area contributed by atoms with Crippen molar-refractivity contribution in [3.63, 3.8) is 0 Å². The molecular formula is C11H13BrClFO. The number of alkyl halides is 1. The SMILES string of the molecule is CCC(CBr)COc1ccc(F)cc1Cl. The highest BCUT2D eigenvalue weighted by Crippen LogP contribution is 2.25. The summed E-state index contributed by atoms with van der Waals surface area (Å²) >= 11 is 9.23. The van der Waals surface area contributed by atoms with E-state index in [0.717, 1.165) is 11.8 Å². The summed E-state index contributed by atoms with van der Waals surface area (Å²) in [4.78, 5) is 0. The Morgan fingerprint density at radius 2 is 2.27 bits per heavy atom. The van der Waals surface area contributed by atoms with E-state index in [4.69, 9.17) is 16.3 Å². The van der Waals surface area contributed by atoms with Gasteiger partial charge in [0.25, 0.3) is 0 Å². The maximum atomic E-state index is 12.7. The molecule has 0 aliphatic rings. The second-order valence-electron chi connectivity index (χ2n) is 3.31. The third-order valence-electron chi connectivity index (χ3n) is 2.16. The third kappa shape index (κ3) is 3.99. The van der Waals surface area contributed by atoms with E-state index in [2.05, 4.69) is 22.9 Å². The lowest BCUT2D eigenvalue weighted by Gasteiger charge is -2.13. The van der Waals surface area contributed by atoms with Crippen LogP contribution in [0, 0.1) is 11.7 Å². The first-order valence-electron chi connectivity index (χ1n) is 4.81. The van der Waals surface area contributed by atoms with Crippen LogP contribution >= 0.6 is 27.5 Å². The molecule has 84 valence electrons. The Hall–Kier alpha value is -0.280. The van der Waals surface area contributed by atoms with Crippen molar-refractivity contribution in [3.8, 4) is 5.75 Å². The first-order chi connectivity index (χ1) is 7.17. The second kappa shape index (κ2) is 6.33. The molecule has 0 aromatic heterocycles. The predicted octanol–water partition coefficient (Wildman–Crippen LogP) is 4.28. The van der Waals surface area contributed by atoms with Gasteiger partial charge in [-0.1, -0.05) is 34.5 Å². The van der Waals surface area contributed by atoms with Crippen molar-refractivity contribution in [1.29, 1.82) is 0 Å². The Labute approximate surface area is 103 Å². The fraction of sp³-hybridized carbons (Fsp3) is 0.455. The summed E-state index contributed by atoms with van der Waals surface area (Å²) in [5.74, 6) is 0.642. The molecule has 4 heteroatoms. The van der Waals surface area contributed by atoms with Gasteiger partial charge in [0, 0.05) is 11.2 Å². The Balaban J connectivity index is 2.57. The van der Waals surface area contributed by atoms with E-state index in [1.807, 2.05) is 0 Å². The topological polar surface area (TPSA) is 9.23 Å². The van der Waals surface area contributed by atoms with Gasteiger partial charge in [-0.3, -0.25) is 0 Å². The van der Waals surface area contributed by atoms with Crippen LogP contribution in [0.1, 0.15) is 13.3 Å². The molecular weight excluding hydrogens is 282 g/mol. The molecule has 1 aromatic carbocycles. The summed E-state index contributed by atoms with van der Waals surface area (Å²) in [5.41, 5.74) is 0. The van der Waals surface area contributed by atoms with Crippen molar-refractivity contribution in [2.24, 2.45) is 5.92 Å². The van der Waals surface area contributed by atoms with E-state index >= 15 is 0 Å². The number of rotatable bonds is 5. The van der Waals surface area contributed by atoms with Gasteiger partial charge in [-0.2, -0.15) is 0 Å². The molecule has 0 heterocycles. The molecule has 0 aliphatic heterocycles. The molecule has 0 N–H and O–H groups in total. The zero-order valence-corrected chi connectivity index (χ0v) is 10.8. The van der Waals surface area contributed by atoms with Crippen LogP contribution in [0.25, 0.3) is 0 Å². The predicted molar refractivity (Wildman–Crippen MR) is 64.5 cm³/mol. The van der Waals surface area contributed by atoms with Gasteiger partial charge in [-0.25, -0.2) is 4.39 Å². The van der Waals surface area contributed by atoms with Crippen LogP contribution < -0.4 is 4.74 Å². The normalized spacial score (nSPS) is 12.5. The Kier molecular flexibility index (Phi) is 5.40. The lowest BCUT2D eigenvalue weighted by molar-refractivity contribution is 0.260. The number of halogens is 3. The van der Waals surface area contributed by atoms with Gasteiger partial charge < -0.3 is 4.74 Å². The largest absolute Gasteiger partial charge is 0.492 e. The van der Waals surface area contributed by atoms with Crippen LogP contribution in [0.5, 0.6) is 5.75 Å². The monoisotopic (exact) mass is 294 g/mol. The lowest BCUT2D eigenvalue weighted by atomic mass is 10.1. The molecule has 0 bridgehead atoms. The average molecular weight is 296 g/mol. The highest BCUT2D eigenvalue weighted by atomic mass is 79.9. The van der Waals surface area contributed by atoms with Crippen molar-refractivity contribution < 1.29 is 9.13 Å². The lowest BCUT2D eigenvalue weighted by Crippen LogP contribution is -2.12. The first kappa shape index (κ1) is 12.8. The van der Waals surface area contributed by atoms with E-state index < -0.39 is 0 Å². The molecule has 1 nitrogen and oxygen atoms in total. The molecule has 0 saturated carbocycles. The average Bonchev–Trinajstić information content (AvgIpc) is 2.22. The van der Waals surface area contributed by atoms with E-state index in [1.54, 1.807) is 6.07 Å². The fourth-order valence-electron chi connectivity index (χ4n) is 1.07. The third-order valence-corrected chi connectivity index (χ3v) is 3.38. The smallest absolute Gasteiger partial charge is 0.138 e. The maximum absolute atomic E-state index is 12.7. The standard InChI is InChI=1S/C11H13BrClFO/c1-2-8(6-12)7-15-11-4-3-9(14)5-10(11)13/h3-5,8H,2,6-7H2,1H3. The number of ether oxygens (including phenoxy) is 1. The molecule has 0 amide bonds. The minimum absolute atomic E-state index is 0.319. The Bertz CT molecular complexity index is 315. The minimum Gasteiger partial charge on any atom is -0.492 e. The van der Waals surface area contributed by atoms with E-state index in [9.17, 15) is 4.39 Å². The van der Waals surface area contributed by atoms with Gasteiger partial charge in [-0.15, -0.1) is 0 Å². The van der Waals surface area contributed by atoms with Gasteiger partial charge in [-0.05, 0) is 24.6 Å². The number of benzene rings is 1. The summed E-state index contributed by atoms with van der Waals surface area (Å²) in [6, 6.07) is 4.15. The molecule has 0 spiro atoms. The highest BCUT2D eigenvalue weighted by molar-refractivity contribution is 9.09. The number of hydrogen-bond acceptors (Lipinski definition) is 1. The summed E-state index contributed by atoms with van der Waals surface area (Å²) in [5, 5.41) is 1.21.